The lowest BCUT2D eigenvalue weighted by atomic mass is 9.82. The van der Waals surface area contributed by atoms with E-state index in [0.29, 0.717) is 24.6 Å². The van der Waals surface area contributed by atoms with E-state index in [4.69, 9.17) is 16.0 Å². The zero-order valence-electron chi connectivity index (χ0n) is 12.3. The minimum atomic E-state index is -3.47. The third-order valence-corrected chi connectivity index (χ3v) is 6.79. The first-order valence-electron chi connectivity index (χ1n) is 7.04. The molecule has 20 heavy (non-hydrogen) atoms. The van der Waals surface area contributed by atoms with Gasteiger partial charge in [0.1, 0.15) is 16.4 Å². The van der Waals surface area contributed by atoms with Gasteiger partial charge in [0.05, 0.1) is 5.88 Å². The number of aryl methyl sites for hydroxylation is 1. The summed E-state index contributed by atoms with van der Waals surface area (Å²) in [4.78, 5) is 0.260. The Hall–Kier alpha value is -0.520. The van der Waals surface area contributed by atoms with Gasteiger partial charge in [-0.15, -0.1) is 11.6 Å². The Kier molecular flexibility index (Phi) is 4.52. The summed E-state index contributed by atoms with van der Waals surface area (Å²) in [6, 6.07) is 1.55. The standard InChI is InChI=1S/C14H22ClNO3S/c1-4-14(5-2)6-7-16(10-14)20(17,18)13-8-12(9-15)19-11(13)3/h8H,4-7,9-10H2,1-3H3. The minimum Gasteiger partial charge on any atom is -0.464 e. The molecule has 114 valence electrons. The zero-order valence-corrected chi connectivity index (χ0v) is 13.9. The molecular weight excluding hydrogens is 298 g/mol. The number of alkyl halides is 1. The Labute approximate surface area is 126 Å². The van der Waals surface area contributed by atoms with Crippen molar-refractivity contribution in [3.05, 3.63) is 17.6 Å². The van der Waals surface area contributed by atoms with Crippen LogP contribution in [0.4, 0.5) is 0 Å². The van der Waals surface area contributed by atoms with Gasteiger partial charge in [-0.05, 0) is 31.6 Å². The van der Waals surface area contributed by atoms with E-state index >= 15 is 0 Å². The lowest BCUT2D eigenvalue weighted by molar-refractivity contribution is 0.279. The van der Waals surface area contributed by atoms with Gasteiger partial charge < -0.3 is 4.42 Å². The maximum atomic E-state index is 12.7. The summed E-state index contributed by atoms with van der Waals surface area (Å²) >= 11 is 5.71. The van der Waals surface area contributed by atoms with Gasteiger partial charge in [-0.3, -0.25) is 0 Å². The third-order valence-electron chi connectivity index (χ3n) is 4.58. The lowest BCUT2D eigenvalue weighted by Gasteiger charge is -2.26. The Bertz CT molecular complexity index is 575. The Morgan fingerprint density at radius 3 is 2.50 bits per heavy atom. The Balaban J connectivity index is 2.30. The van der Waals surface area contributed by atoms with Crippen LogP contribution in [0.25, 0.3) is 0 Å². The highest BCUT2D eigenvalue weighted by Crippen LogP contribution is 2.39. The van der Waals surface area contributed by atoms with E-state index in [-0.39, 0.29) is 16.2 Å². The molecule has 1 fully saturated rings. The van der Waals surface area contributed by atoms with Gasteiger partial charge in [-0.25, -0.2) is 8.42 Å². The molecule has 0 radical (unpaired) electrons. The van der Waals surface area contributed by atoms with Crippen LogP contribution in [0.15, 0.2) is 15.4 Å². The summed E-state index contributed by atoms with van der Waals surface area (Å²) < 4.78 is 32.4. The molecule has 1 aliphatic rings. The number of rotatable bonds is 5. The molecule has 0 aromatic carbocycles. The molecule has 1 saturated heterocycles. The van der Waals surface area contributed by atoms with Crippen molar-refractivity contribution < 1.29 is 12.8 Å². The van der Waals surface area contributed by atoms with Gasteiger partial charge in [-0.1, -0.05) is 13.8 Å². The largest absolute Gasteiger partial charge is 0.464 e. The van der Waals surface area contributed by atoms with Crippen molar-refractivity contribution in [2.75, 3.05) is 13.1 Å². The molecule has 0 amide bonds. The van der Waals surface area contributed by atoms with Crippen LogP contribution in [0.1, 0.15) is 44.6 Å². The molecule has 1 aliphatic heterocycles. The summed E-state index contributed by atoms with van der Waals surface area (Å²) in [5.41, 5.74) is 0.125. The van der Waals surface area contributed by atoms with Gasteiger partial charge >= 0.3 is 0 Å². The van der Waals surface area contributed by atoms with Crippen LogP contribution in [-0.2, 0) is 15.9 Å². The first-order chi connectivity index (χ1) is 9.38. The van der Waals surface area contributed by atoms with E-state index in [1.54, 1.807) is 17.3 Å². The van der Waals surface area contributed by atoms with Gasteiger partial charge in [0, 0.05) is 19.2 Å². The van der Waals surface area contributed by atoms with Crippen molar-refractivity contribution in [3.8, 4) is 0 Å². The summed E-state index contributed by atoms with van der Waals surface area (Å²) in [7, 11) is -3.47. The van der Waals surface area contributed by atoms with Crippen molar-refractivity contribution in [1.82, 2.24) is 4.31 Å². The fourth-order valence-corrected chi connectivity index (χ4v) is 4.78. The van der Waals surface area contributed by atoms with Gasteiger partial charge in [0.25, 0.3) is 0 Å². The number of nitrogens with zero attached hydrogens (tertiary/aromatic N) is 1. The molecule has 0 N–H and O–H groups in total. The molecule has 4 nitrogen and oxygen atoms in total. The summed E-state index contributed by atoms with van der Waals surface area (Å²) in [5.74, 6) is 1.11. The van der Waals surface area contributed by atoms with Crippen molar-refractivity contribution >= 4 is 21.6 Å². The molecule has 2 heterocycles. The smallest absolute Gasteiger partial charge is 0.246 e. The number of sulfonamides is 1. The van der Waals surface area contributed by atoms with E-state index in [1.807, 2.05) is 0 Å². The normalized spacial score (nSPS) is 19.6. The Morgan fingerprint density at radius 1 is 1.40 bits per heavy atom. The fourth-order valence-electron chi connectivity index (χ4n) is 2.91. The number of hydrogen-bond donors (Lipinski definition) is 0. The molecule has 0 saturated carbocycles. The van der Waals surface area contributed by atoms with E-state index < -0.39 is 10.0 Å². The molecule has 6 heteroatoms. The molecular formula is C14H22ClNO3S. The third kappa shape index (κ3) is 2.63. The van der Waals surface area contributed by atoms with Crippen molar-refractivity contribution in [2.45, 2.75) is 50.8 Å². The van der Waals surface area contributed by atoms with Crippen molar-refractivity contribution in [2.24, 2.45) is 5.41 Å². The van der Waals surface area contributed by atoms with E-state index in [0.717, 1.165) is 19.3 Å². The highest BCUT2D eigenvalue weighted by atomic mass is 35.5. The van der Waals surface area contributed by atoms with Crippen LogP contribution in [0.5, 0.6) is 0 Å². The number of furan rings is 1. The summed E-state index contributed by atoms with van der Waals surface area (Å²) in [5, 5.41) is 0. The fraction of sp³-hybridized carbons (Fsp3) is 0.714. The number of halogens is 1. The van der Waals surface area contributed by atoms with Crippen LogP contribution >= 0.6 is 11.6 Å². The van der Waals surface area contributed by atoms with E-state index in [2.05, 4.69) is 13.8 Å². The molecule has 0 aliphatic carbocycles. The minimum absolute atomic E-state index is 0.125. The quantitative estimate of drug-likeness (QED) is 0.780. The average molecular weight is 320 g/mol. The van der Waals surface area contributed by atoms with E-state index in [1.165, 1.54) is 0 Å². The highest BCUT2D eigenvalue weighted by Gasteiger charge is 2.41. The lowest BCUT2D eigenvalue weighted by Crippen LogP contribution is -2.32. The molecule has 0 atom stereocenters. The first-order valence-corrected chi connectivity index (χ1v) is 9.01. The SMILES string of the molecule is CCC1(CC)CCN(S(=O)(=O)c2cc(CCl)oc2C)C1. The van der Waals surface area contributed by atoms with E-state index in [9.17, 15) is 8.42 Å². The molecule has 0 spiro atoms. The van der Waals surface area contributed by atoms with Crippen molar-refractivity contribution in [1.29, 1.82) is 0 Å². The number of hydrogen-bond acceptors (Lipinski definition) is 3. The Morgan fingerprint density at radius 2 is 2.05 bits per heavy atom. The monoisotopic (exact) mass is 319 g/mol. The van der Waals surface area contributed by atoms with Crippen molar-refractivity contribution in [3.63, 3.8) is 0 Å². The van der Waals surface area contributed by atoms with Crippen LogP contribution in [0, 0.1) is 12.3 Å². The topological polar surface area (TPSA) is 50.5 Å². The second kappa shape index (κ2) is 5.70. The molecule has 1 aromatic heterocycles. The second-order valence-electron chi connectivity index (χ2n) is 5.56. The maximum absolute atomic E-state index is 12.7. The van der Waals surface area contributed by atoms with Gasteiger partial charge in [0.2, 0.25) is 10.0 Å². The summed E-state index contributed by atoms with van der Waals surface area (Å²) in [6.07, 6.45) is 2.94. The zero-order chi connectivity index (χ0) is 15.0. The van der Waals surface area contributed by atoms with Gasteiger partial charge in [0.15, 0.2) is 0 Å². The van der Waals surface area contributed by atoms with Crippen LogP contribution < -0.4 is 0 Å². The maximum Gasteiger partial charge on any atom is 0.246 e. The first kappa shape index (κ1) is 15.9. The second-order valence-corrected chi connectivity index (χ2v) is 7.74. The summed E-state index contributed by atoms with van der Waals surface area (Å²) in [6.45, 7) is 7.13. The van der Waals surface area contributed by atoms with Crippen LogP contribution in [-0.4, -0.2) is 25.8 Å². The molecule has 0 unspecified atom stereocenters. The average Bonchev–Trinajstić information content (AvgIpc) is 3.03. The molecule has 2 rings (SSSR count). The highest BCUT2D eigenvalue weighted by molar-refractivity contribution is 7.89. The predicted molar refractivity (Wildman–Crippen MR) is 79.4 cm³/mol. The van der Waals surface area contributed by atoms with Gasteiger partial charge in [-0.2, -0.15) is 4.31 Å². The molecule has 0 bridgehead atoms. The molecule has 1 aromatic rings. The van der Waals surface area contributed by atoms with Crippen LogP contribution in [0.2, 0.25) is 0 Å². The van der Waals surface area contributed by atoms with Crippen LogP contribution in [0.3, 0.4) is 0 Å². The predicted octanol–water partition coefficient (Wildman–Crippen LogP) is 3.53.